The van der Waals surface area contributed by atoms with Gasteiger partial charge in [0.2, 0.25) is 0 Å². The monoisotopic (exact) mass is 429 g/mol. The van der Waals surface area contributed by atoms with Crippen LogP contribution in [-0.2, 0) is 0 Å². The maximum Gasteiger partial charge on any atom is 0.330 e. The Kier molecular flexibility index (Phi) is 4.57. The van der Waals surface area contributed by atoms with Gasteiger partial charge in [0.1, 0.15) is 0 Å². The minimum Gasteiger partial charge on any atom is -0.307 e. The molecule has 1 saturated heterocycles. The van der Waals surface area contributed by atoms with Gasteiger partial charge in [0.25, 0.3) is 5.56 Å². The second-order valence-electron chi connectivity index (χ2n) is 8.18. The van der Waals surface area contributed by atoms with Crippen LogP contribution < -0.4 is 11.2 Å². The molecule has 2 heterocycles. The molecule has 1 aliphatic carbocycles. The fourth-order valence-electron chi connectivity index (χ4n) is 5.05. The summed E-state index contributed by atoms with van der Waals surface area (Å²) in [6, 6.07) is 13.0. The van der Waals surface area contributed by atoms with E-state index in [1.54, 1.807) is 12.1 Å². The molecular weight excluding hydrogens is 409 g/mol. The van der Waals surface area contributed by atoms with Crippen LogP contribution in [0.15, 0.2) is 52.1 Å². The van der Waals surface area contributed by atoms with Crippen LogP contribution in [0.25, 0.3) is 10.9 Å². The smallest absolute Gasteiger partial charge is 0.307 e. The Morgan fingerprint density at radius 1 is 1.07 bits per heavy atom. The van der Waals surface area contributed by atoms with Crippen molar-refractivity contribution in [3.63, 3.8) is 0 Å². The zero-order valence-corrected chi connectivity index (χ0v) is 17.5. The van der Waals surface area contributed by atoms with Crippen molar-refractivity contribution in [3.05, 3.63) is 78.9 Å². The molecule has 5 nitrogen and oxygen atoms in total. The molecule has 29 heavy (non-hydrogen) atoms. The molecule has 0 amide bonds. The summed E-state index contributed by atoms with van der Waals surface area (Å²) in [4.78, 5) is 30.7. The first-order chi connectivity index (χ1) is 13.9. The van der Waals surface area contributed by atoms with Crippen molar-refractivity contribution in [2.75, 3.05) is 13.1 Å². The first-order valence-electron chi connectivity index (χ1n) is 9.86. The van der Waals surface area contributed by atoms with E-state index in [4.69, 9.17) is 23.2 Å². The summed E-state index contributed by atoms with van der Waals surface area (Å²) in [6.07, 6.45) is 0.797. The summed E-state index contributed by atoms with van der Waals surface area (Å²) in [7, 11) is 0. The molecule has 3 aromatic rings. The average Bonchev–Trinajstić information content (AvgIpc) is 3.01. The number of hydrogen-bond acceptors (Lipinski definition) is 3. The van der Waals surface area contributed by atoms with E-state index in [0.717, 1.165) is 19.5 Å². The van der Waals surface area contributed by atoms with E-state index in [1.165, 1.54) is 10.1 Å². The van der Waals surface area contributed by atoms with Gasteiger partial charge in [-0.25, -0.2) is 9.36 Å². The second-order valence-corrected chi connectivity index (χ2v) is 8.99. The van der Waals surface area contributed by atoms with Crippen LogP contribution in [0.3, 0.4) is 0 Å². The third-order valence-electron chi connectivity index (χ3n) is 6.70. The normalized spacial score (nSPS) is 25.0. The number of para-hydroxylation sites is 1. The van der Waals surface area contributed by atoms with Gasteiger partial charge in [-0.15, -0.1) is 0 Å². The topological polar surface area (TPSA) is 58.1 Å². The van der Waals surface area contributed by atoms with E-state index < -0.39 is 0 Å². The molecule has 150 valence electrons. The Labute approximate surface area is 177 Å². The molecule has 1 aromatic heterocycles. The van der Waals surface area contributed by atoms with Gasteiger partial charge in [0.05, 0.1) is 27.1 Å². The summed E-state index contributed by atoms with van der Waals surface area (Å²) in [5.41, 5.74) is 1.20. The Balaban J connectivity index is 1.41. The van der Waals surface area contributed by atoms with Crippen LogP contribution in [0.1, 0.15) is 31.0 Å². The van der Waals surface area contributed by atoms with Gasteiger partial charge in [0.15, 0.2) is 0 Å². The summed E-state index contributed by atoms with van der Waals surface area (Å²) < 4.78 is 1.35. The number of benzene rings is 2. The van der Waals surface area contributed by atoms with Crippen LogP contribution in [0.4, 0.5) is 0 Å². The number of nitrogens with zero attached hydrogens (tertiary/aromatic N) is 2. The lowest BCUT2D eigenvalue weighted by Gasteiger charge is -2.40. The van der Waals surface area contributed by atoms with Crippen molar-refractivity contribution < 1.29 is 0 Å². The van der Waals surface area contributed by atoms with E-state index >= 15 is 0 Å². The number of hydrogen-bond donors (Lipinski definition) is 1. The van der Waals surface area contributed by atoms with Crippen molar-refractivity contribution in [3.8, 4) is 0 Å². The van der Waals surface area contributed by atoms with Gasteiger partial charge in [-0.3, -0.25) is 9.69 Å². The van der Waals surface area contributed by atoms with E-state index in [2.05, 4.69) is 16.0 Å². The molecule has 7 heteroatoms. The first-order valence-corrected chi connectivity index (χ1v) is 10.6. The summed E-state index contributed by atoms with van der Waals surface area (Å²) in [6.45, 7) is 3.68. The Morgan fingerprint density at radius 3 is 2.66 bits per heavy atom. The highest BCUT2D eigenvalue weighted by Gasteiger charge is 2.48. The van der Waals surface area contributed by atoms with Crippen molar-refractivity contribution in [1.82, 2.24) is 14.5 Å². The molecule has 4 atom stereocenters. The van der Waals surface area contributed by atoms with Gasteiger partial charge < -0.3 is 4.98 Å². The molecule has 0 spiro atoms. The quantitative estimate of drug-likeness (QED) is 0.676. The lowest BCUT2D eigenvalue weighted by atomic mass is 9.64. The lowest BCUT2D eigenvalue weighted by molar-refractivity contribution is 0.178. The molecule has 0 bridgehead atoms. The molecule has 2 aliphatic rings. The third kappa shape index (κ3) is 3.03. The number of H-pyrrole nitrogens is 1. The largest absolute Gasteiger partial charge is 0.330 e. The highest BCUT2D eigenvalue weighted by atomic mass is 35.5. The molecule has 2 aromatic carbocycles. The highest BCUT2D eigenvalue weighted by molar-refractivity contribution is 6.42. The Morgan fingerprint density at radius 2 is 1.86 bits per heavy atom. The summed E-state index contributed by atoms with van der Waals surface area (Å²) in [5.74, 6) is 1.52. The fraction of sp³-hybridized carbons (Fsp3) is 0.364. The number of rotatable bonds is 3. The van der Waals surface area contributed by atoms with Crippen molar-refractivity contribution in [1.29, 1.82) is 0 Å². The molecule has 1 saturated carbocycles. The molecule has 4 unspecified atom stereocenters. The third-order valence-corrected chi connectivity index (χ3v) is 7.44. The lowest BCUT2D eigenvalue weighted by Crippen LogP contribution is -2.43. The van der Waals surface area contributed by atoms with Gasteiger partial charge in [0, 0.05) is 13.1 Å². The highest BCUT2D eigenvalue weighted by Crippen LogP contribution is 2.52. The number of halogens is 2. The van der Waals surface area contributed by atoms with Crippen LogP contribution in [-0.4, -0.2) is 27.5 Å². The first kappa shape index (κ1) is 18.9. The average molecular weight is 430 g/mol. The Bertz CT molecular complexity index is 1220. The molecule has 5 rings (SSSR count). The fourth-order valence-corrected chi connectivity index (χ4v) is 5.36. The number of likely N-dealkylation sites (tertiary alicyclic amines) is 1. The SMILES string of the molecule is CC(N1CC2CC(c3ccc(Cl)c(Cl)c3)C2C1)n1c(=O)[nH]c2ccccc2c1=O. The minimum atomic E-state index is -0.360. The van der Waals surface area contributed by atoms with Gasteiger partial charge in [-0.1, -0.05) is 41.4 Å². The molecular formula is C22H21Cl2N3O2. The van der Waals surface area contributed by atoms with Gasteiger partial charge in [-0.05, 0) is 60.9 Å². The second kappa shape index (κ2) is 7.01. The zero-order valence-electron chi connectivity index (χ0n) is 15.9. The number of nitrogens with one attached hydrogen (secondary N) is 1. The summed E-state index contributed by atoms with van der Waals surface area (Å²) >= 11 is 12.3. The maximum atomic E-state index is 13.0. The molecule has 2 fully saturated rings. The van der Waals surface area contributed by atoms with Gasteiger partial charge >= 0.3 is 5.69 Å². The van der Waals surface area contributed by atoms with E-state index in [1.807, 2.05) is 31.2 Å². The van der Waals surface area contributed by atoms with Crippen molar-refractivity contribution in [2.24, 2.45) is 11.8 Å². The van der Waals surface area contributed by atoms with Crippen LogP contribution in [0, 0.1) is 11.8 Å². The van der Waals surface area contributed by atoms with E-state index in [9.17, 15) is 9.59 Å². The number of fused-ring (bicyclic) bond motifs is 2. The maximum absolute atomic E-state index is 13.0. The predicted molar refractivity (Wildman–Crippen MR) is 116 cm³/mol. The Hall–Kier alpha value is -2.08. The zero-order chi connectivity index (χ0) is 20.3. The number of aromatic nitrogens is 2. The van der Waals surface area contributed by atoms with Crippen LogP contribution in [0.5, 0.6) is 0 Å². The van der Waals surface area contributed by atoms with E-state index in [0.29, 0.717) is 38.7 Å². The molecule has 1 N–H and O–H groups in total. The molecule has 1 aliphatic heterocycles. The van der Waals surface area contributed by atoms with Crippen molar-refractivity contribution in [2.45, 2.75) is 25.4 Å². The molecule has 0 radical (unpaired) electrons. The minimum absolute atomic E-state index is 0.239. The standard InChI is InChI=1S/C22H21Cl2N3O2/c1-12(27-21(28)15-4-2-3-5-20(15)25-22(27)29)26-10-14-8-16(17(14)11-26)13-6-7-18(23)19(24)9-13/h2-7,9,12,14,16-17H,8,10-11H2,1H3,(H,25,29). The van der Waals surface area contributed by atoms with Crippen LogP contribution >= 0.6 is 23.2 Å². The summed E-state index contributed by atoms with van der Waals surface area (Å²) in [5, 5.41) is 1.70. The number of aromatic amines is 1. The van der Waals surface area contributed by atoms with Crippen molar-refractivity contribution >= 4 is 34.1 Å². The van der Waals surface area contributed by atoms with E-state index in [-0.39, 0.29) is 17.4 Å². The van der Waals surface area contributed by atoms with Crippen LogP contribution in [0.2, 0.25) is 10.0 Å². The van der Waals surface area contributed by atoms with Gasteiger partial charge in [-0.2, -0.15) is 0 Å². The predicted octanol–water partition coefficient (Wildman–Crippen LogP) is 4.25.